The molecule has 2 N–H and O–H groups in total. The van der Waals surface area contributed by atoms with Crippen molar-refractivity contribution >= 4 is 5.70 Å². The Labute approximate surface area is 87.3 Å². The zero-order valence-electron chi connectivity index (χ0n) is 8.56. The number of nitro groups is 1. The number of hydrogen-bond donors (Lipinski definition) is 1. The van der Waals surface area contributed by atoms with Gasteiger partial charge in [0.15, 0.2) is 0 Å². The van der Waals surface area contributed by atoms with Crippen molar-refractivity contribution in [3.8, 4) is 5.75 Å². The lowest BCUT2D eigenvalue weighted by Gasteiger charge is -2.04. The summed E-state index contributed by atoms with van der Waals surface area (Å²) in [6.07, 6.45) is 0. The first kappa shape index (κ1) is 11.0. The standard InChI is InChI=1S/C10H12N2O3/c1-7(12(13)14)10(11)8-4-3-5-9(6-8)15-2/h3-6H,11H2,1-2H3/b10-7-. The average Bonchev–Trinajstić information content (AvgIpc) is 2.27. The van der Waals surface area contributed by atoms with Crippen molar-refractivity contribution in [3.63, 3.8) is 0 Å². The number of benzene rings is 1. The van der Waals surface area contributed by atoms with Crippen molar-refractivity contribution < 1.29 is 9.66 Å². The molecular weight excluding hydrogens is 196 g/mol. The molecule has 15 heavy (non-hydrogen) atoms. The van der Waals surface area contributed by atoms with Gasteiger partial charge in [-0.25, -0.2) is 0 Å². The van der Waals surface area contributed by atoms with Crippen molar-refractivity contribution in [1.29, 1.82) is 0 Å². The minimum atomic E-state index is -0.505. The molecule has 0 aliphatic rings. The summed E-state index contributed by atoms with van der Waals surface area (Å²) in [6.45, 7) is 1.37. The number of ether oxygens (including phenoxy) is 1. The maximum absolute atomic E-state index is 10.5. The zero-order valence-corrected chi connectivity index (χ0v) is 8.56. The summed E-state index contributed by atoms with van der Waals surface area (Å²) < 4.78 is 5.00. The van der Waals surface area contributed by atoms with E-state index in [1.807, 2.05) is 0 Å². The molecule has 0 heterocycles. The van der Waals surface area contributed by atoms with Gasteiger partial charge in [0.2, 0.25) is 0 Å². The number of nitrogens with zero attached hydrogens (tertiary/aromatic N) is 1. The minimum absolute atomic E-state index is 0.0664. The number of allylic oxidation sites excluding steroid dienone is 1. The lowest BCUT2D eigenvalue weighted by Crippen LogP contribution is -2.06. The van der Waals surface area contributed by atoms with Gasteiger partial charge in [-0.1, -0.05) is 12.1 Å². The normalized spacial score (nSPS) is 11.9. The van der Waals surface area contributed by atoms with Crippen LogP contribution in [0.2, 0.25) is 0 Å². The number of rotatable bonds is 3. The fourth-order valence-corrected chi connectivity index (χ4v) is 1.10. The Hall–Kier alpha value is -2.04. The molecule has 0 radical (unpaired) electrons. The van der Waals surface area contributed by atoms with E-state index < -0.39 is 4.92 Å². The molecule has 5 nitrogen and oxygen atoms in total. The van der Waals surface area contributed by atoms with Gasteiger partial charge in [-0.05, 0) is 12.1 Å². The molecule has 1 rings (SSSR count). The first-order valence-corrected chi connectivity index (χ1v) is 4.31. The molecule has 1 aromatic carbocycles. The lowest BCUT2D eigenvalue weighted by atomic mass is 10.1. The summed E-state index contributed by atoms with van der Waals surface area (Å²) in [7, 11) is 1.53. The molecule has 0 amide bonds. The highest BCUT2D eigenvalue weighted by Gasteiger charge is 2.11. The van der Waals surface area contributed by atoms with Crippen LogP contribution in [0, 0.1) is 10.1 Å². The second-order valence-electron chi connectivity index (χ2n) is 2.99. The molecule has 0 saturated carbocycles. The van der Waals surface area contributed by atoms with E-state index in [9.17, 15) is 10.1 Å². The molecule has 1 aromatic rings. The van der Waals surface area contributed by atoms with Gasteiger partial charge in [0, 0.05) is 12.5 Å². The SMILES string of the molecule is COc1cccc(/C(N)=C(\C)[N+](=O)[O-])c1. The summed E-state index contributed by atoms with van der Waals surface area (Å²) in [5, 5.41) is 10.5. The molecule has 0 atom stereocenters. The molecule has 0 aliphatic carbocycles. The predicted octanol–water partition coefficient (Wildman–Crippen LogP) is 1.62. The second kappa shape index (κ2) is 4.45. The monoisotopic (exact) mass is 208 g/mol. The van der Waals surface area contributed by atoms with E-state index in [2.05, 4.69) is 0 Å². The van der Waals surface area contributed by atoms with Gasteiger partial charge in [-0.15, -0.1) is 0 Å². The van der Waals surface area contributed by atoms with Crippen molar-refractivity contribution in [1.82, 2.24) is 0 Å². The average molecular weight is 208 g/mol. The summed E-state index contributed by atoms with van der Waals surface area (Å²) in [5.41, 5.74) is 6.32. The first-order valence-electron chi connectivity index (χ1n) is 4.31. The van der Waals surface area contributed by atoms with Gasteiger partial charge in [-0.3, -0.25) is 10.1 Å². The topological polar surface area (TPSA) is 78.4 Å². The van der Waals surface area contributed by atoms with E-state index in [0.29, 0.717) is 11.3 Å². The van der Waals surface area contributed by atoms with Crippen molar-refractivity contribution in [3.05, 3.63) is 45.6 Å². The molecule has 0 spiro atoms. The van der Waals surface area contributed by atoms with Gasteiger partial charge in [0.25, 0.3) is 5.70 Å². The Morgan fingerprint density at radius 1 is 1.53 bits per heavy atom. The Kier molecular flexibility index (Phi) is 3.28. The van der Waals surface area contributed by atoms with Crippen LogP contribution in [0.4, 0.5) is 0 Å². The Bertz CT molecular complexity index is 413. The quantitative estimate of drug-likeness (QED) is 0.604. The summed E-state index contributed by atoms with van der Waals surface area (Å²) in [4.78, 5) is 10.00. The molecular formula is C10H12N2O3. The second-order valence-corrected chi connectivity index (χ2v) is 2.99. The number of nitrogens with two attached hydrogens (primary N) is 1. The lowest BCUT2D eigenvalue weighted by molar-refractivity contribution is -0.423. The van der Waals surface area contributed by atoms with Gasteiger partial charge < -0.3 is 10.5 Å². The minimum Gasteiger partial charge on any atom is -0.497 e. The van der Waals surface area contributed by atoms with E-state index >= 15 is 0 Å². The number of hydrogen-bond acceptors (Lipinski definition) is 4. The van der Waals surface area contributed by atoms with E-state index in [1.165, 1.54) is 14.0 Å². The largest absolute Gasteiger partial charge is 0.497 e. The molecule has 0 unspecified atom stereocenters. The molecule has 0 fully saturated rings. The van der Waals surface area contributed by atoms with Crippen LogP contribution in [0.15, 0.2) is 30.0 Å². The first-order chi connectivity index (χ1) is 7.06. The Balaban J connectivity index is 3.16. The predicted molar refractivity (Wildman–Crippen MR) is 56.8 cm³/mol. The molecule has 0 bridgehead atoms. The molecule has 0 aromatic heterocycles. The van der Waals surface area contributed by atoms with Crippen LogP contribution in [0.25, 0.3) is 5.70 Å². The summed E-state index contributed by atoms with van der Waals surface area (Å²) >= 11 is 0. The fraction of sp³-hybridized carbons (Fsp3) is 0.200. The maximum atomic E-state index is 10.5. The smallest absolute Gasteiger partial charge is 0.266 e. The van der Waals surface area contributed by atoms with Crippen LogP contribution in [0.5, 0.6) is 5.75 Å². The highest BCUT2D eigenvalue weighted by Crippen LogP contribution is 2.19. The van der Waals surface area contributed by atoms with E-state index in [4.69, 9.17) is 10.5 Å². The number of methoxy groups -OCH3 is 1. The zero-order chi connectivity index (χ0) is 11.4. The van der Waals surface area contributed by atoms with Crippen molar-refractivity contribution in [2.24, 2.45) is 5.73 Å². The Morgan fingerprint density at radius 3 is 2.73 bits per heavy atom. The fourth-order valence-electron chi connectivity index (χ4n) is 1.10. The van der Waals surface area contributed by atoms with Crippen molar-refractivity contribution in [2.75, 3.05) is 7.11 Å². The molecule has 5 heteroatoms. The molecule has 80 valence electrons. The van der Waals surface area contributed by atoms with Gasteiger partial charge in [0.05, 0.1) is 12.0 Å². The van der Waals surface area contributed by atoms with Gasteiger partial charge in [-0.2, -0.15) is 0 Å². The van der Waals surface area contributed by atoms with Crippen LogP contribution in [0.3, 0.4) is 0 Å². The Morgan fingerprint density at radius 2 is 2.20 bits per heavy atom. The highest BCUT2D eigenvalue weighted by molar-refractivity contribution is 5.65. The third-order valence-corrected chi connectivity index (χ3v) is 2.04. The third-order valence-electron chi connectivity index (χ3n) is 2.04. The van der Waals surface area contributed by atoms with E-state index in [0.717, 1.165) is 0 Å². The molecule has 0 saturated heterocycles. The van der Waals surface area contributed by atoms with Crippen LogP contribution < -0.4 is 10.5 Å². The van der Waals surface area contributed by atoms with Crippen LogP contribution in [-0.4, -0.2) is 12.0 Å². The van der Waals surface area contributed by atoms with Crippen LogP contribution in [-0.2, 0) is 0 Å². The van der Waals surface area contributed by atoms with E-state index in [1.54, 1.807) is 24.3 Å². The highest BCUT2D eigenvalue weighted by atomic mass is 16.6. The van der Waals surface area contributed by atoms with E-state index in [-0.39, 0.29) is 11.4 Å². The third kappa shape index (κ3) is 2.46. The molecule has 0 aliphatic heterocycles. The summed E-state index contributed by atoms with van der Waals surface area (Å²) in [6, 6.07) is 6.83. The van der Waals surface area contributed by atoms with Crippen LogP contribution in [0.1, 0.15) is 12.5 Å². The van der Waals surface area contributed by atoms with Gasteiger partial charge >= 0.3 is 0 Å². The van der Waals surface area contributed by atoms with Crippen molar-refractivity contribution in [2.45, 2.75) is 6.92 Å². The maximum Gasteiger partial charge on any atom is 0.266 e. The van der Waals surface area contributed by atoms with Gasteiger partial charge in [0.1, 0.15) is 11.4 Å². The summed E-state index contributed by atoms with van der Waals surface area (Å²) in [5.74, 6) is 0.617. The van der Waals surface area contributed by atoms with Crippen LogP contribution >= 0.6 is 0 Å².